The predicted octanol–water partition coefficient (Wildman–Crippen LogP) is 0.425. The van der Waals surface area contributed by atoms with Crippen molar-refractivity contribution < 1.29 is 24.3 Å². The summed E-state index contributed by atoms with van der Waals surface area (Å²) in [6, 6.07) is -3.52. The molecule has 0 aromatic heterocycles. The van der Waals surface area contributed by atoms with Gasteiger partial charge in [-0.25, -0.2) is 4.79 Å². The maximum atomic E-state index is 12.7. The second kappa shape index (κ2) is 15.4. The van der Waals surface area contributed by atoms with E-state index in [1.54, 1.807) is 11.8 Å². The number of rotatable bonds is 15. The van der Waals surface area contributed by atoms with Crippen molar-refractivity contribution >= 4 is 47.2 Å². The van der Waals surface area contributed by atoms with Gasteiger partial charge in [0.05, 0.1) is 6.04 Å². The molecule has 0 rings (SSSR count). The zero-order chi connectivity index (χ0) is 23.3. The van der Waals surface area contributed by atoms with Gasteiger partial charge in [0.15, 0.2) is 0 Å². The molecule has 30 heavy (non-hydrogen) atoms. The van der Waals surface area contributed by atoms with E-state index < -0.39 is 47.9 Å². The molecule has 0 fully saturated rings. The van der Waals surface area contributed by atoms with Crippen LogP contribution in [0.2, 0.25) is 0 Å². The second-order valence-corrected chi connectivity index (χ2v) is 9.46. The number of nitrogens with two attached hydrogens (primary N) is 1. The quantitative estimate of drug-likeness (QED) is 0.234. The van der Waals surface area contributed by atoms with Gasteiger partial charge in [0.2, 0.25) is 17.7 Å². The van der Waals surface area contributed by atoms with Crippen molar-refractivity contribution in [1.29, 1.82) is 0 Å². The number of carboxylic acid groups (broad SMARTS) is 1. The Morgan fingerprint density at radius 3 is 1.87 bits per heavy atom. The van der Waals surface area contributed by atoms with Crippen LogP contribution in [-0.4, -0.2) is 77.0 Å². The van der Waals surface area contributed by atoms with Gasteiger partial charge in [0, 0.05) is 0 Å². The molecule has 4 atom stereocenters. The van der Waals surface area contributed by atoms with Gasteiger partial charge in [0.25, 0.3) is 0 Å². The predicted molar refractivity (Wildman–Crippen MR) is 123 cm³/mol. The summed E-state index contributed by atoms with van der Waals surface area (Å²) in [5, 5.41) is 16.9. The first-order valence-electron chi connectivity index (χ1n) is 9.90. The van der Waals surface area contributed by atoms with Gasteiger partial charge >= 0.3 is 5.97 Å². The lowest BCUT2D eigenvalue weighted by Crippen LogP contribution is -2.56. The highest BCUT2D eigenvalue weighted by atomic mass is 32.2. The van der Waals surface area contributed by atoms with Gasteiger partial charge in [-0.05, 0) is 56.1 Å². The van der Waals surface area contributed by atoms with Crippen molar-refractivity contribution in [2.75, 3.05) is 24.0 Å². The molecule has 174 valence electrons. The van der Waals surface area contributed by atoms with Crippen molar-refractivity contribution in [2.45, 2.75) is 64.2 Å². The Morgan fingerprint density at radius 1 is 0.833 bits per heavy atom. The van der Waals surface area contributed by atoms with Gasteiger partial charge in [-0.15, -0.1) is 0 Å². The summed E-state index contributed by atoms with van der Waals surface area (Å²) in [6.45, 7) is 5.30. The summed E-state index contributed by atoms with van der Waals surface area (Å²) < 4.78 is 0. The first-order chi connectivity index (χ1) is 14.0. The molecule has 9 nitrogen and oxygen atoms in total. The Balaban J connectivity index is 4.97. The molecule has 0 bridgehead atoms. The molecule has 0 spiro atoms. The lowest BCUT2D eigenvalue weighted by atomic mass is 10.0. The number of hydrogen-bond acceptors (Lipinski definition) is 7. The SMILES string of the molecule is CSCCC(N)C(=O)NC(CC(C)C)C(=O)NC(C)C(=O)NC(CCSC)C(=O)O. The van der Waals surface area contributed by atoms with Gasteiger partial charge in [-0.2, -0.15) is 23.5 Å². The third-order valence-electron chi connectivity index (χ3n) is 4.29. The Hall–Kier alpha value is -1.46. The molecule has 0 heterocycles. The van der Waals surface area contributed by atoms with Crippen molar-refractivity contribution in [3.63, 3.8) is 0 Å². The number of nitrogens with one attached hydrogen (secondary N) is 3. The van der Waals surface area contributed by atoms with E-state index in [4.69, 9.17) is 5.73 Å². The lowest BCUT2D eigenvalue weighted by molar-refractivity contribution is -0.142. The third kappa shape index (κ3) is 11.7. The lowest BCUT2D eigenvalue weighted by Gasteiger charge is -2.24. The zero-order valence-electron chi connectivity index (χ0n) is 18.4. The minimum atomic E-state index is -1.12. The van der Waals surface area contributed by atoms with Crippen LogP contribution < -0.4 is 21.7 Å². The van der Waals surface area contributed by atoms with Crippen molar-refractivity contribution in [2.24, 2.45) is 11.7 Å². The molecule has 0 aliphatic heterocycles. The van der Waals surface area contributed by atoms with E-state index in [1.807, 2.05) is 26.4 Å². The fourth-order valence-corrected chi connectivity index (χ4v) is 3.49. The number of carbonyl (C=O) groups excluding carboxylic acids is 3. The molecule has 4 unspecified atom stereocenters. The molecule has 0 saturated heterocycles. The van der Waals surface area contributed by atoms with Gasteiger partial charge < -0.3 is 26.8 Å². The molecule has 0 aromatic carbocycles. The fraction of sp³-hybridized carbons (Fsp3) is 0.789. The van der Waals surface area contributed by atoms with E-state index >= 15 is 0 Å². The van der Waals surface area contributed by atoms with E-state index in [-0.39, 0.29) is 12.3 Å². The van der Waals surface area contributed by atoms with Crippen LogP contribution in [-0.2, 0) is 19.2 Å². The van der Waals surface area contributed by atoms with Gasteiger partial charge in [-0.3, -0.25) is 14.4 Å². The number of thioether (sulfide) groups is 2. The first kappa shape index (κ1) is 28.5. The highest BCUT2D eigenvalue weighted by molar-refractivity contribution is 7.98. The molecule has 6 N–H and O–H groups in total. The summed E-state index contributed by atoms with van der Waals surface area (Å²) in [5.41, 5.74) is 5.88. The maximum Gasteiger partial charge on any atom is 0.326 e. The van der Waals surface area contributed by atoms with E-state index in [1.165, 1.54) is 18.7 Å². The molecular weight excluding hydrogens is 428 g/mol. The molecule has 0 aromatic rings. The number of carboxylic acids is 1. The molecule has 11 heteroatoms. The third-order valence-corrected chi connectivity index (χ3v) is 5.58. The first-order valence-corrected chi connectivity index (χ1v) is 12.7. The number of hydrogen-bond donors (Lipinski definition) is 5. The minimum Gasteiger partial charge on any atom is -0.480 e. The van der Waals surface area contributed by atoms with Crippen LogP contribution in [0.15, 0.2) is 0 Å². The van der Waals surface area contributed by atoms with Crippen molar-refractivity contribution in [1.82, 2.24) is 16.0 Å². The molecule has 0 aliphatic rings. The molecule has 0 radical (unpaired) electrons. The summed E-state index contributed by atoms with van der Waals surface area (Å²) in [5.74, 6) is -1.21. The van der Waals surface area contributed by atoms with Crippen LogP contribution in [0, 0.1) is 5.92 Å². The fourth-order valence-electron chi connectivity index (χ4n) is 2.53. The monoisotopic (exact) mass is 464 g/mol. The highest BCUT2D eigenvalue weighted by Crippen LogP contribution is 2.07. The average Bonchev–Trinajstić information content (AvgIpc) is 2.67. The molecule has 0 saturated carbocycles. The topological polar surface area (TPSA) is 151 Å². The Labute approximate surface area is 187 Å². The molecule has 0 aliphatic carbocycles. The summed E-state index contributed by atoms with van der Waals surface area (Å²) >= 11 is 3.06. The minimum absolute atomic E-state index is 0.121. The van der Waals surface area contributed by atoms with Crippen LogP contribution >= 0.6 is 23.5 Å². The summed E-state index contributed by atoms with van der Waals surface area (Å²) in [6.07, 6.45) is 4.92. The second-order valence-electron chi connectivity index (χ2n) is 7.49. The van der Waals surface area contributed by atoms with E-state index in [9.17, 15) is 24.3 Å². The summed E-state index contributed by atoms with van der Waals surface area (Å²) in [7, 11) is 0. The van der Waals surface area contributed by atoms with Crippen LogP contribution in [0.25, 0.3) is 0 Å². The normalized spacial score (nSPS) is 15.0. The van der Waals surface area contributed by atoms with Gasteiger partial charge in [0.1, 0.15) is 18.1 Å². The van der Waals surface area contributed by atoms with Crippen molar-refractivity contribution in [3.8, 4) is 0 Å². The Kier molecular flexibility index (Phi) is 14.6. The number of carbonyl (C=O) groups is 4. The van der Waals surface area contributed by atoms with Crippen LogP contribution in [0.1, 0.15) is 40.0 Å². The number of amides is 3. The largest absolute Gasteiger partial charge is 0.480 e. The highest BCUT2D eigenvalue weighted by Gasteiger charge is 2.28. The van der Waals surface area contributed by atoms with E-state index in [2.05, 4.69) is 16.0 Å². The summed E-state index contributed by atoms with van der Waals surface area (Å²) in [4.78, 5) is 48.6. The Morgan fingerprint density at radius 2 is 1.37 bits per heavy atom. The number of aliphatic carboxylic acids is 1. The van der Waals surface area contributed by atoms with E-state index in [0.29, 0.717) is 18.6 Å². The Bertz CT molecular complexity index is 577. The zero-order valence-corrected chi connectivity index (χ0v) is 20.0. The molecular formula is C19H36N4O5S2. The molecule has 3 amide bonds. The van der Waals surface area contributed by atoms with Crippen molar-refractivity contribution in [3.05, 3.63) is 0 Å². The average molecular weight is 465 g/mol. The maximum absolute atomic E-state index is 12.7. The smallest absolute Gasteiger partial charge is 0.326 e. The van der Waals surface area contributed by atoms with Gasteiger partial charge in [-0.1, -0.05) is 13.8 Å². The van der Waals surface area contributed by atoms with E-state index in [0.717, 1.165) is 5.75 Å². The van der Waals surface area contributed by atoms with Crippen LogP contribution in [0.4, 0.5) is 0 Å². The standard InChI is InChI=1S/C19H36N4O5S2/c1-11(2)10-15(23-17(25)13(20)6-8-29-4)18(26)21-12(3)16(24)22-14(19(27)28)7-9-30-5/h11-15H,6-10,20H2,1-5H3,(H,21,26)(H,22,24)(H,23,25)(H,27,28). The van der Waals surface area contributed by atoms with Crippen LogP contribution in [0.5, 0.6) is 0 Å². The van der Waals surface area contributed by atoms with Crippen LogP contribution in [0.3, 0.4) is 0 Å².